The molecular formula is C14H22N2O2S. The fraction of sp³-hybridized carbons (Fsp3) is 0.500. The summed E-state index contributed by atoms with van der Waals surface area (Å²) in [7, 11) is 3.40. The third-order valence-corrected chi connectivity index (χ3v) is 3.83. The molecule has 106 valence electrons. The Morgan fingerprint density at radius 2 is 2.16 bits per heavy atom. The zero-order chi connectivity index (χ0) is 14.4. The molecule has 0 heterocycles. The maximum Gasteiger partial charge on any atom is 0.254 e. The van der Waals surface area contributed by atoms with Crippen LogP contribution in [0.4, 0.5) is 5.69 Å². The van der Waals surface area contributed by atoms with E-state index in [1.807, 2.05) is 13.3 Å². The van der Waals surface area contributed by atoms with Gasteiger partial charge in [-0.15, -0.1) is 0 Å². The third-order valence-electron chi connectivity index (χ3n) is 3.11. The molecule has 1 atom stereocenters. The van der Waals surface area contributed by atoms with Crippen LogP contribution in [0.3, 0.4) is 0 Å². The Morgan fingerprint density at radius 3 is 2.68 bits per heavy atom. The van der Waals surface area contributed by atoms with Gasteiger partial charge < -0.3 is 15.4 Å². The van der Waals surface area contributed by atoms with Gasteiger partial charge in [-0.25, -0.2) is 0 Å². The number of hydrogen-bond donors (Lipinski definition) is 1. The van der Waals surface area contributed by atoms with E-state index in [1.165, 1.54) is 0 Å². The van der Waals surface area contributed by atoms with Gasteiger partial charge in [0.25, 0.3) is 5.91 Å². The third kappa shape index (κ3) is 4.06. The molecular weight excluding hydrogens is 260 g/mol. The lowest BCUT2D eigenvalue weighted by Gasteiger charge is -2.27. The normalized spacial score (nSPS) is 12.0. The topological polar surface area (TPSA) is 55.6 Å². The summed E-state index contributed by atoms with van der Waals surface area (Å²) >= 11 is 1.74. The summed E-state index contributed by atoms with van der Waals surface area (Å²) in [4.78, 5) is 14.2. The standard InChI is InChI=1S/C14H22N2O2S/c1-5-12(9-19-4)16(2)14(17)10-6-11(15)8-13(7-10)18-3/h6-8,12H,5,9,15H2,1-4H3. The monoisotopic (exact) mass is 282 g/mol. The van der Waals surface area contributed by atoms with Gasteiger partial charge in [0.15, 0.2) is 0 Å². The second-order valence-corrected chi connectivity index (χ2v) is 5.34. The maximum atomic E-state index is 12.4. The summed E-state index contributed by atoms with van der Waals surface area (Å²) in [6.07, 6.45) is 2.98. The Hall–Kier alpha value is -1.36. The second kappa shape index (κ2) is 7.28. The number of carbonyl (C=O) groups is 1. The van der Waals surface area contributed by atoms with Crippen LogP contribution in [-0.2, 0) is 0 Å². The minimum Gasteiger partial charge on any atom is -0.497 e. The Bertz CT molecular complexity index is 437. The Kier molecular flexibility index (Phi) is 6.02. The van der Waals surface area contributed by atoms with Crippen molar-refractivity contribution in [3.8, 4) is 5.75 Å². The van der Waals surface area contributed by atoms with Crippen molar-refractivity contribution in [2.75, 3.05) is 31.9 Å². The highest BCUT2D eigenvalue weighted by atomic mass is 32.2. The van der Waals surface area contributed by atoms with Crippen LogP contribution < -0.4 is 10.5 Å². The highest BCUT2D eigenvalue weighted by Crippen LogP contribution is 2.21. The number of carbonyl (C=O) groups excluding carboxylic acids is 1. The zero-order valence-corrected chi connectivity index (χ0v) is 12.8. The number of ether oxygens (including phenoxy) is 1. The molecule has 0 fully saturated rings. The molecule has 1 aromatic carbocycles. The highest BCUT2D eigenvalue weighted by Gasteiger charge is 2.20. The molecule has 0 radical (unpaired) electrons. The number of anilines is 1. The molecule has 0 saturated heterocycles. The van der Waals surface area contributed by atoms with Crippen LogP contribution in [0.25, 0.3) is 0 Å². The molecule has 1 amide bonds. The minimum atomic E-state index is -0.0218. The van der Waals surface area contributed by atoms with Crippen LogP contribution in [0.15, 0.2) is 18.2 Å². The summed E-state index contributed by atoms with van der Waals surface area (Å²) in [5.74, 6) is 1.51. The van der Waals surface area contributed by atoms with E-state index in [0.29, 0.717) is 17.0 Å². The Balaban J connectivity index is 2.95. The highest BCUT2D eigenvalue weighted by molar-refractivity contribution is 7.98. The Labute approximate surface area is 119 Å². The summed E-state index contributed by atoms with van der Waals surface area (Å²) in [6, 6.07) is 5.35. The van der Waals surface area contributed by atoms with Crippen LogP contribution in [-0.4, -0.2) is 43.0 Å². The first kappa shape index (κ1) is 15.7. The smallest absolute Gasteiger partial charge is 0.254 e. The molecule has 0 aliphatic rings. The van der Waals surface area contributed by atoms with Gasteiger partial charge >= 0.3 is 0 Å². The lowest BCUT2D eigenvalue weighted by Crippen LogP contribution is -2.38. The molecule has 19 heavy (non-hydrogen) atoms. The molecule has 1 aromatic rings. The van der Waals surface area contributed by atoms with Gasteiger partial charge in [0.2, 0.25) is 0 Å². The largest absolute Gasteiger partial charge is 0.497 e. The first-order valence-corrected chi connectivity index (χ1v) is 7.63. The van der Waals surface area contributed by atoms with Crippen LogP contribution in [0.1, 0.15) is 23.7 Å². The molecule has 4 nitrogen and oxygen atoms in total. The number of benzene rings is 1. The second-order valence-electron chi connectivity index (χ2n) is 4.43. The van der Waals surface area contributed by atoms with E-state index in [4.69, 9.17) is 10.5 Å². The van der Waals surface area contributed by atoms with Crippen LogP contribution in [0, 0.1) is 0 Å². The van der Waals surface area contributed by atoms with Crippen molar-refractivity contribution in [3.63, 3.8) is 0 Å². The van der Waals surface area contributed by atoms with Crippen molar-refractivity contribution < 1.29 is 9.53 Å². The minimum absolute atomic E-state index is 0.0218. The number of rotatable bonds is 6. The van der Waals surface area contributed by atoms with E-state index >= 15 is 0 Å². The molecule has 1 rings (SSSR count). The molecule has 0 spiro atoms. The van der Waals surface area contributed by atoms with Crippen molar-refractivity contribution in [1.82, 2.24) is 4.90 Å². The number of nitrogen functional groups attached to an aromatic ring is 1. The van der Waals surface area contributed by atoms with E-state index < -0.39 is 0 Å². The number of nitrogens with zero attached hydrogens (tertiary/aromatic N) is 1. The summed E-state index contributed by atoms with van der Waals surface area (Å²) in [6.45, 7) is 2.09. The average Bonchev–Trinajstić information content (AvgIpc) is 2.42. The lowest BCUT2D eigenvalue weighted by molar-refractivity contribution is 0.0743. The van der Waals surface area contributed by atoms with Gasteiger partial charge in [-0.2, -0.15) is 11.8 Å². The van der Waals surface area contributed by atoms with Gasteiger partial charge in [-0.05, 0) is 24.8 Å². The zero-order valence-electron chi connectivity index (χ0n) is 12.0. The molecule has 0 saturated carbocycles. The summed E-state index contributed by atoms with van der Waals surface area (Å²) in [5.41, 5.74) is 6.89. The van der Waals surface area contributed by atoms with Gasteiger partial charge in [-0.3, -0.25) is 4.79 Å². The van der Waals surface area contributed by atoms with Crippen molar-refractivity contribution in [2.45, 2.75) is 19.4 Å². The van der Waals surface area contributed by atoms with Crippen molar-refractivity contribution in [2.24, 2.45) is 0 Å². The maximum absolute atomic E-state index is 12.4. The SMILES string of the molecule is CCC(CSC)N(C)C(=O)c1cc(N)cc(OC)c1. The molecule has 0 aliphatic carbocycles. The Morgan fingerprint density at radius 1 is 1.47 bits per heavy atom. The van der Waals surface area contributed by atoms with Crippen LogP contribution in [0.5, 0.6) is 5.75 Å². The number of hydrogen-bond acceptors (Lipinski definition) is 4. The van der Waals surface area contributed by atoms with E-state index in [-0.39, 0.29) is 11.9 Å². The average molecular weight is 282 g/mol. The molecule has 0 aliphatic heterocycles. The van der Waals surface area contributed by atoms with Crippen LogP contribution in [0.2, 0.25) is 0 Å². The molecule has 2 N–H and O–H groups in total. The fourth-order valence-corrected chi connectivity index (χ4v) is 2.77. The predicted octanol–water partition coefficient (Wildman–Crippen LogP) is 2.49. The van der Waals surface area contributed by atoms with Gasteiger partial charge in [-0.1, -0.05) is 6.92 Å². The molecule has 0 bridgehead atoms. The molecule has 0 aromatic heterocycles. The predicted molar refractivity (Wildman–Crippen MR) is 82.0 cm³/mol. The van der Waals surface area contributed by atoms with Gasteiger partial charge in [0.05, 0.1) is 7.11 Å². The lowest BCUT2D eigenvalue weighted by atomic mass is 10.1. The summed E-state index contributed by atoms with van der Waals surface area (Å²) < 4.78 is 5.15. The quantitative estimate of drug-likeness (QED) is 0.814. The van der Waals surface area contributed by atoms with Crippen molar-refractivity contribution >= 4 is 23.4 Å². The number of thioether (sulfide) groups is 1. The number of methoxy groups -OCH3 is 1. The number of nitrogens with two attached hydrogens (primary N) is 1. The fourth-order valence-electron chi connectivity index (χ4n) is 1.93. The molecule has 5 heteroatoms. The first-order chi connectivity index (χ1) is 9.03. The van der Waals surface area contributed by atoms with E-state index in [0.717, 1.165) is 12.2 Å². The van der Waals surface area contributed by atoms with Crippen molar-refractivity contribution in [3.05, 3.63) is 23.8 Å². The van der Waals surface area contributed by atoms with E-state index in [1.54, 1.807) is 42.0 Å². The van der Waals surface area contributed by atoms with Gasteiger partial charge in [0, 0.05) is 36.2 Å². The van der Waals surface area contributed by atoms with E-state index in [9.17, 15) is 4.79 Å². The van der Waals surface area contributed by atoms with Crippen molar-refractivity contribution in [1.29, 1.82) is 0 Å². The number of amides is 1. The van der Waals surface area contributed by atoms with Gasteiger partial charge in [0.1, 0.15) is 5.75 Å². The summed E-state index contributed by atoms with van der Waals surface area (Å²) in [5, 5.41) is 0. The van der Waals surface area contributed by atoms with E-state index in [2.05, 4.69) is 6.92 Å². The molecule has 1 unspecified atom stereocenters. The van der Waals surface area contributed by atoms with Crippen LogP contribution >= 0.6 is 11.8 Å². The first-order valence-electron chi connectivity index (χ1n) is 6.24.